The van der Waals surface area contributed by atoms with Crippen LogP contribution in [0.25, 0.3) is 0 Å². The number of epoxide rings is 1. The molecule has 0 spiro atoms. The summed E-state index contributed by atoms with van der Waals surface area (Å²) in [6.45, 7) is 7.43. The van der Waals surface area contributed by atoms with Gasteiger partial charge in [-0.05, 0) is 35.2 Å². The van der Waals surface area contributed by atoms with Gasteiger partial charge in [0, 0.05) is 6.07 Å². The lowest BCUT2D eigenvalue weighted by Crippen LogP contribution is -2.29. The van der Waals surface area contributed by atoms with Gasteiger partial charge in [-0.15, -0.1) is 0 Å². The Balaban J connectivity index is 1.64. The van der Waals surface area contributed by atoms with Gasteiger partial charge in [0.2, 0.25) is 0 Å². The fourth-order valence-electron chi connectivity index (χ4n) is 3.01. The SMILES string of the molecule is CC(C)(C)c1ccc2c(c1)C(=O)N(c1cccc(OCC3CO3)c1)C2=O. The minimum Gasteiger partial charge on any atom is -0.491 e. The summed E-state index contributed by atoms with van der Waals surface area (Å²) >= 11 is 0. The normalized spacial score (nSPS) is 18.9. The van der Waals surface area contributed by atoms with Crippen molar-refractivity contribution in [2.45, 2.75) is 32.3 Å². The van der Waals surface area contributed by atoms with Gasteiger partial charge in [-0.3, -0.25) is 9.59 Å². The Bertz CT molecular complexity index is 893. The fourth-order valence-corrected chi connectivity index (χ4v) is 3.01. The predicted octanol–water partition coefficient (Wildman–Crippen LogP) is 3.56. The number of fused-ring (bicyclic) bond motifs is 1. The molecule has 1 saturated heterocycles. The molecule has 1 fully saturated rings. The highest BCUT2D eigenvalue weighted by Crippen LogP contribution is 2.33. The zero-order valence-corrected chi connectivity index (χ0v) is 15.1. The van der Waals surface area contributed by atoms with Crippen molar-refractivity contribution in [3.05, 3.63) is 59.2 Å². The van der Waals surface area contributed by atoms with Gasteiger partial charge in [0.1, 0.15) is 18.5 Å². The van der Waals surface area contributed by atoms with Gasteiger partial charge in [0.15, 0.2) is 0 Å². The molecule has 2 amide bonds. The lowest BCUT2D eigenvalue weighted by atomic mass is 9.85. The maximum atomic E-state index is 12.9. The van der Waals surface area contributed by atoms with E-state index in [0.29, 0.717) is 35.8 Å². The number of anilines is 1. The van der Waals surface area contributed by atoms with Crippen LogP contribution in [0, 0.1) is 0 Å². The van der Waals surface area contributed by atoms with Crippen molar-refractivity contribution >= 4 is 17.5 Å². The first-order chi connectivity index (χ1) is 12.3. The highest BCUT2D eigenvalue weighted by atomic mass is 16.6. The molecule has 2 heterocycles. The van der Waals surface area contributed by atoms with Crippen LogP contribution in [0.2, 0.25) is 0 Å². The van der Waals surface area contributed by atoms with Gasteiger partial charge in [-0.25, -0.2) is 4.90 Å². The lowest BCUT2D eigenvalue weighted by Gasteiger charge is -2.19. The average molecular weight is 351 g/mol. The third-order valence-corrected chi connectivity index (χ3v) is 4.67. The Morgan fingerprint density at radius 3 is 2.50 bits per heavy atom. The molecule has 0 N–H and O–H groups in total. The van der Waals surface area contributed by atoms with E-state index >= 15 is 0 Å². The minimum atomic E-state index is -0.298. The molecule has 2 aromatic carbocycles. The monoisotopic (exact) mass is 351 g/mol. The maximum absolute atomic E-state index is 12.9. The van der Waals surface area contributed by atoms with Gasteiger partial charge < -0.3 is 9.47 Å². The number of hydrogen-bond donors (Lipinski definition) is 0. The van der Waals surface area contributed by atoms with Crippen molar-refractivity contribution in [2.75, 3.05) is 18.1 Å². The quantitative estimate of drug-likeness (QED) is 0.624. The molecule has 2 aromatic rings. The first-order valence-corrected chi connectivity index (χ1v) is 8.72. The van der Waals surface area contributed by atoms with Crippen LogP contribution in [-0.2, 0) is 10.2 Å². The van der Waals surface area contributed by atoms with E-state index in [2.05, 4.69) is 20.8 Å². The molecule has 2 aliphatic rings. The van der Waals surface area contributed by atoms with E-state index in [1.165, 1.54) is 4.90 Å². The second kappa shape index (κ2) is 5.95. The molecular formula is C21H21NO4. The van der Waals surface area contributed by atoms with Crippen LogP contribution in [0.5, 0.6) is 5.75 Å². The van der Waals surface area contributed by atoms with Gasteiger partial charge in [0.05, 0.1) is 23.4 Å². The smallest absolute Gasteiger partial charge is 0.266 e. The van der Waals surface area contributed by atoms with E-state index in [9.17, 15) is 9.59 Å². The van der Waals surface area contributed by atoms with Gasteiger partial charge in [0.25, 0.3) is 11.8 Å². The summed E-state index contributed by atoms with van der Waals surface area (Å²) in [6.07, 6.45) is 0.147. The van der Waals surface area contributed by atoms with E-state index < -0.39 is 0 Å². The van der Waals surface area contributed by atoms with Crippen molar-refractivity contribution in [1.29, 1.82) is 0 Å². The maximum Gasteiger partial charge on any atom is 0.266 e. The Kier molecular flexibility index (Phi) is 3.84. The number of rotatable bonds is 4. The van der Waals surface area contributed by atoms with Crippen molar-refractivity contribution in [2.24, 2.45) is 0 Å². The lowest BCUT2D eigenvalue weighted by molar-refractivity contribution is 0.0926. The number of hydrogen-bond acceptors (Lipinski definition) is 4. The molecule has 0 saturated carbocycles. The first kappa shape index (κ1) is 16.8. The molecule has 26 heavy (non-hydrogen) atoms. The summed E-state index contributed by atoms with van der Waals surface area (Å²) < 4.78 is 10.8. The van der Waals surface area contributed by atoms with Crippen LogP contribution < -0.4 is 9.64 Å². The molecule has 2 aliphatic heterocycles. The molecule has 134 valence electrons. The number of carbonyl (C=O) groups is 2. The standard InChI is InChI=1S/C21H21NO4/c1-21(2,3)13-7-8-17-18(9-13)20(24)22(19(17)23)14-5-4-6-15(10-14)25-11-16-12-26-16/h4-10,16H,11-12H2,1-3H3. The van der Waals surface area contributed by atoms with Crippen LogP contribution >= 0.6 is 0 Å². The average Bonchev–Trinajstić information content (AvgIpc) is 3.39. The van der Waals surface area contributed by atoms with Crippen LogP contribution in [0.4, 0.5) is 5.69 Å². The fraction of sp³-hybridized carbons (Fsp3) is 0.333. The molecule has 0 aromatic heterocycles. The number of ether oxygens (including phenoxy) is 2. The van der Waals surface area contributed by atoms with Crippen molar-refractivity contribution in [3.63, 3.8) is 0 Å². The Hall–Kier alpha value is -2.66. The molecule has 4 rings (SSSR count). The summed E-state index contributed by atoms with van der Waals surface area (Å²) in [4.78, 5) is 26.9. The van der Waals surface area contributed by atoms with Crippen LogP contribution in [0.3, 0.4) is 0 Å². The molecule has 0 radical (unpaired) electrons. The second-order valence-corrected chi connectivity index (χ2v) is 7.72. The van der Waals surface area contributed by atoms with Gasteiger partial charge >= 0.3 is 0 Å². The third-order valence-electron chi connectivity index (χ3n) is 4.67. The zero-order chi connectivity index (χ0) is 18.5. The molecule has 5 nitrogen and oxygen atoms in total. The topological polar surface area (TPSA) is 59.1 Å². The Morgan fingerprint density at radius 1 is 1.08 bits per heavy atom. The summed E-state index contributed by atoms with van der Waals surface area (Å²) in [5, 5.41) is 0. The number of carbonyl (C=O) groups excluding carboxylic acids is 2. The highest BCUT2D eigenvalue weighted by molar-refractivity contribution is 6.34. The van der Waals surface area contributed by atoms with Crippen LogP contribution in [-0.4, -0.2) is 31.1 Å². The number of imide groups is 1. The van der Waals surface area contributed by atoms with Crippen LogP contribution in [0.15, 0.2) is 42.5 Å². The van der Waals surface area contributed by atoms with Crippen molar-refractivity contribution < 1.29 is 19.1 Å². The molecule has 0 aliphatic carbocycles. The second-order valence-electron chi connectivity index (χ2n) is 7.72. The van der Waals surface area contributed by atoms with Crippen molar-refractivity contribution in [3.8, 4) is 5.75 Å². The van der Waals surface area contributed by atoms with E-state index in [-0.39, 0.29) is 23.3 Å². The molecular weight excluding hydrogens is 330 g/mol. The summed E-state index contributed by atoms with van der Waals surface area (Å²) in [6, 6.07) is 12.6. The summed E-state index contributed by atoms with van der Waals surface area (Å²) in [5.74, 6) is 0.0249. The summed E-state index contributed by atoms with van der Waals surface area (Å²) in [7, 11) is 0. The zero-order valence-electron chi connectivity index (χ0n) is 15.1. The molecule has 0 bridgehead atoms. The minimum absolute atomic E-state index is 0.0928. The largest absolute Gasteiger partial charge is 0.491 e. The van der Waals surface area contributed by atoms with Gasteiger partial charge in [-0.2, -0.15) is 0 Å². The number of nitrogens with zero attached hydrogens (tertiary/aromatic N) is 1. The predicted molar refractivity (Wildman–Crippen MR) is 98.0 cm³/mol. The Morgan fingerprint density at radius 2 is 1.81 bits per heavy atom. The molecule has 1 unspecified atom stereocenters. The first-order valence-electron chi connectivity index (χ1n) is 8.72. The molecule has 5 heteroatoms. The summed E-state index contributed by atoms with van der Waals surface area (Å²) in [5.41, 5.74) is 2.36. The van der Waals surface area contributed by atoms with E-state index in [1.807, 2.05) is 18.2 Å². The Labute approximate surface area is 152 Å². The third kappa shape index (κ3) is 2.99. The van der Waals surface area contributed by atoms with E-state index in [1.54, 1.807) is 24.3 Å². The van der Waals surface area contributed by atoms with Crippen molar-refractivity contribution in [1.82, 2.24) is 0 Å². The van der Waals surface area contributed by atoms with Crippen LogP contribution in [0.1, 0.15) is 47.1 Å². The van der Waals surface area contributed by atoms with E-state index in [4.69, 9.17) is 9.47 Å². The number of amides is 2. The highest BCUT2D eigenvalue weighted by Gasteiger charge is 2.37. The molecule has 1 atom stereocenters. The van der Waals surface area contributed by atoms with Gasteiger partial charge in [-0.1, -0.05) is 32.9 Å². The van der Waals surface area contributed by atoms with E-state index in [0.717, 1.165) is 5.56 Å². The number of benzene rings is 2.